The summed E-state index contributed by atoms with van der Waals surface area (Å²) in [6.07, 6.45) is 0.428. The summed E-state index contributed by atoms with van der Waals surface area (Å²) < 4.78 is 0. The number of nitrogens with zero attached hydrogens (tertiary/aromatic N) is 2. The third-order valence-corrected chi connectivity index (χ3v) is 4.21. The van der Waals surface area contributed by atoms with Crippen LogP contribution in [0.1, 0.15) is 33.3 Å². The minimum atomic E-state index is -0.610. The molecule has 4 amide bonds. The summed E-state index contributed by atoms with van der Waals surface area (Å²) >= 11 is 0. The Bertz CT molecular complexity index is 633. The molecule has 1 N–H and O–H groups in total. The fourth-order valence-corrected chi connectivity index (χ4v) is 3.11. The Balaban J connectivity index is 2.02. The number of hydrogen-bond donors (Lipinski definition) is 1. The average molecular weight is 359 g/mol. The fourth-order valence-electron chi connectivity index (χ4n) is 3.11. The fraction of sp³-hybridized carbons (Fsp3) is 0.550. The van der Waals surface area contributed by atoms with E-state index in [1.54, 1.807) is 4.90 Å². The first-order chi connectivity index (χ1) is 12.3. The van der Waals surface area contributed by atoms with Gasteiger partial charge in [0.05, 0.1) is 0 Å². The summed E-state index contributed by atoms with van der Waals surface area (Å²) in [5.74, 6) is 0.135. The summed E-state index contributed by atoms with van der Waals surface area (Å²) in [6, 6.07) is 8.43. The van der Waals surface area contributed by atoms with Gasteiger partial charge in [-0.25, -0.2) is 4.79 Å². The summed E-state index contributed by atoms with van der Waals surface area (Å²) in [5, 5.41) is 2.69. The molecule has 0 radical (unpaired) electrons. The highest BCUT2D eigenvalue weighted by atomic mass is 16.2. The van der Waals surface area contributed by atoms with Crippen molar-refractivity contribution in [2.75, 3.05) is 19.6 Å². The van der Waals surface area contributed by atoms with Gasteiger partial charge in [-0.3, -0.25) is 14.5 Å². The number of carbonyl (C=O) groups is 3. The molecule has 1 aliphatic rings. The minimum Gasteiger partial charge on any atom is -0.341 e. The number of benzene rings is 1. The van der Waals surface area contributed by atoms with Crippen LogP contribution in [0.3, 0.4) is 0 Å². The van der Waals surface area contributed by atoms with Gasteiger partial charge in [-0.05, 0) is 17.4 Å². The van der Waals surface area contributed by atoms with Crippen LogP contribution in [0.4, 0.5) is 4.79 Å². The van der Waals surface area contributed by atoms with Crippen LogP contribution in [-0.4, -0.2) is 53.3 Å². The maximum Gasteiger partial charge on any atom is 0.325 e. The lowest BCUT2D eigenvalue weighted by Crippen LogP contribution is -2.45. The topological polar surface area (TPSA) is 69.7 Å². The van der Waals surface area contributed by atoms with E-state index in [0.717, 1.165) is 10.5 Å². The quantitative estimate of drug-likeness (QED) is 0.724. The zero-order chi connectivity index (χ0) is 19.3. The number of amides is 4. The number of urea groups is 1. The lowest BCUT2D eigenvalue weighted by molar-refractivity contribution is -0.138. The highest BCUT2D eigenvalue weighted by molar-refractivity contribution is 6.06. The van der Waals surface area contributed by atoms with Crippen LogP contribution in [0.5, 0.6) is 0 Å². The number of rotatable bonds is 8. The molecule has 0 saturated carbocycles. The van der Waals surface area contributed by atoms with Gasteiger partial charge in [-0.2, -0.15) is 0 Å². The van der Waals surface area contributed by atoms with Crippen LogP contribution >= 0.6 is 0 Å². The summed E-state index contributed by atoms with van der Waals surface area (Å²) in [5.41, 5.74) is 0.973. The second-order valence-corrected chi connectivity index (χ2v) is 7.70. The molecule has 26 heavy (non-hydrogen) atoms. The lowest BCUT2D eigenvalue weighted by Gasteiger charge is -2.27. The molecule has 0 bridgehead atoms. The largest absolute Gasteiger partial charge is 0.341 e. The highest BCUT2D eigenvalue weighted by Crippen LogP contribution is 2.13. The molecule has 0 spiro atoms. The molecule has 1 aromatic carbocycles. The molecular formula is C20H29N3O3. The average Bonchev–Trinajstić information content (AvgIpc) is 2.82. The molecule has 1 saturated heterocycles. The lowest BCUT2D eigenvalue weighted by atomic mass is 10.1. The van der Waals surface area contributed by atoms with Crippen LogP contribution in [0.2, 0.25) is 0 Å². The zero-order valence-electron chi connectivity index (χ0n) is 16.1. The van der Waals surface area contributed by atoms with Crippen LogP contribution in [0, 0.1) is 11.8 Å². The van der Waals surface area contributed by atoms with Gasteiger partial charge in [-0.1, -0.05) is 58.0 Å². The number of imide groups is 1. The van der Waals surface area contributed by atoms with Gasteiger partial charge in [0.25, 0.3) is 5.91 Å². The first-order valence-electron chi connectivity index (χ1n) is 9.21. The second-order valence-electron chi connectivity index (χ2n) is 7.70. The summed E-state index contributed by atoms with van der Waals surface area (Å²) in [4.78, 5) is 40.3. The maximum absolute atomic E-state index is 12.7. The zero-order valence-corrected chi connectivity index (χ0v) is 16.1. The van der Waals surface area contributed by atoms with Gasteiger partial charge in [0.2, 0.25) is 5.91 Å². The third-order valence-electron chi connectivity index (χ3n) is 4.21. The van der Waals surface area contributed by atoms with Gasteiger partial charge in [0.1, 0.15) is 12.6 Å². The van der Waals surface area contributed by atoms with E-state index in [-0.39, 0.29) is 18.4 Å². The molecule has 6 nitrogen and oxygen atoms in total. The van der Waals surface area contributed by atoms with Crippen LogP contribution in [0.25, 0.3) is 0 Å². The predicted octanol–water partition coefficient (Wildman–Crippen LogP) is 2.29. The Kier molecular flexibility index (Phi) is 6.77. The molecule has 1 aliphatic heterocycles. The Morgan fingerprint density at radius 2 is 1.65 bits per heavy atom. The first-order valence-corrected chi connectivity index (χ1v) is 9.21. The van der Waals surface area contributed by atoms with E-state index in [2.05, 4.69) is 5.32 Å². The molecule has 142 valence electrons. The smallest absolute Gasteiger partial charge is 0.325 e. The van der Waals surface area contributed by atoms with Crippen molar-refractivity contribution in [1.82, 2.24) is 15.1 Å². The van der Waals surface area contributed by atoms with Crippen molar-refractivity contribution in [3.63, 3.8) is 0 Å². The van der Waals surface area contributed by atoms with Crippen molar-refractivity contribution in [3.8, 4) is 0 Å². The molecule has 0 aliphatic carbocycles. The van der Waals surface area contributed by atoms with E-state index >= 15 is 0 Å². The van der Waals surface area contributed by atoms with Crippen molar-refractivity contribution in [1.29, 1.82) is 0 Å². The molecule has 0 unspecified atom stereocenters. The van der Waals surface area contributed by atoms with E-state index in [1.807, 2.05) is 58.0 Å². The van der Waals surface area contributed by atoms with E-state index in [4.69, 9.17) is 0 Å². The molecular weight excluding hydrogens is 330 g/mol. The summed E-state index contributed by atoms with van der Waals surface area (Å²) in [7, 11) is 0. The number of hydrogen-bond acceptors (Lipinski definition) is 3. The maximum atomic E-state index is 12.7. The highest BCUT2D eigenvalue weighted by Gasteiger charge is 2.39. The molecule has 1 aromatic rings. The van der Waals surface area contributed by atoms with Gasteiger partial charge in [0, 0.05) is 19.5 Å². The second kappa shape index (κ2) is 8.83. The Hall–Kier alpha value is -2.37. The van der Waals surface area contributed by atoms with E-state index in [0.29, 0.717) is 31.3 Å². The molecule has 6 heteroatoms. The van der Waals surface area contributed by atoms with Crippen molar-refractivity contribution >= 4 is 17.8 Å². The van der Waals surface area contributed by atoms with E-state index in [9.17, 15) is 14.4 Å². The normalized spacial score (nSPS) is 17.2. The van der Waals surface area contributed by atoms with E-state index in [1.165, 1.54) is 0 Å². The first kappa shape index (κ1) is 19.9. The molecule has 0 aromatic heterocycles. The van der Waals surface area contributed by atoms with Crippen molar-refractivity contribution in [2.45, 2.75) is 40.2 Å². The van der Waals surface area contributed by atoms with Crippen molar-refractivity contribution in [3.05, 3.63) is 35.9 Å². The molecule has 1 fully saturated rings. The Labute approximate surface area is 155 Å². The molecule has 1 atom stereocenters. The monoisotopic (exact) mass is 359 g/mol. The van der Waals surface area contributed by atoms with Gasteiger partial charge < -0.3 is 10.2 Å². The van der Waals surface area contributed by atoms with Gasteiger partial charge >= 0.3 is 6.03 Å². The Morgan fingerprint density at radius 3 is 2.19 bits per heavy atom. The third kappa shape index (κ3) is 5.31. The number of nitrogens with one attached hydrogen (secondary N) is 1. The van der Waals surface area contributed by atoms with Crippen LogP contribution in [-0.2, 0) is 16.0 Å². The predicted molar refractivity (Wildman–Crippen MR) is 100 cm³/mol. The van der Waals surface area contributed by atoms with Crippen LogP contribution in [0.15, 0.2) is 30.3 Å². The standard InChI is InChI=1S/C20H29N3O3/c1-14(2)11-22(12-15(3)4)18(24)13-23-19(25)17(21-20(23)26)10-16-8-6-5-7-9-16/h5-9,14-15,17H,10-13H2,1-4H3,(H,21,26)/t17-/m1/s1. The SMILES string of the molecule is CC(C)CN(CC(C)C)C(=O)CN1C(=O)N[C@H](Cc2ccccc2)C1=O. The van der Waals surface area contributed by atoms with Crippen molar-refractivity contribution < 1.29 is 14.4 Å². The molecule has 2 rings (SSSR count). The van der Waals surface area contributed by atoms with Gasteiger partial charge in [-0.15, -0.1) is 0 Å². The molecule has 1 heterocycles. The van der Waals surface area contributed by atoms with Gasteiger partial charge in [0.15, 0.2) is 0 Å². The van der Waals surface area contributed by atoms with E-state index < -0.39 is 12.1 Å². The van der Waals surface area contributed by atoms with Crippen LogP contribution < -0.4 is 5.32 Å². The minimum absolute atomic E-state index is 0.184. The number of carbonyl (C=O) groups excluding carboxylic acids is 3. The Morgan fingerprint density at radius 1 is 1.08 bits per heavy atom. The van der Waals surface area contributed by atoms with Crippen molar-refractivity contribution in [2.24, 2.45) is 11.8 Å². The summed E-state index contributed by atoms with van der Waals surface area (Å²) in [6.45, 7) is 9.22.